The monoisotopic (exact) mass is 444 g/mol. The summed E-state index contributed by atoms with van der Waals surface area (Å²) < 4.78 is 49.3. The molecule has 1 unspecified atom stereocenters. The molecule has 0 aliphatic carbocycles. The molecule has 1 N–H and O–H groups in total. The van der Waals surface area contributed by atoms with Gasteiger partial charge in [-0.3, -0.25) is 9.59 Å². The van der Waals surface area contributed by atoms with E-state index in [0.29, 0.717) is 30.4 Å². The summed E-state index contributed by atoms with van der Waals surface area (Å²) in [5, 5.41) is 2.62. The van der Waals surface area contributed by atoms with Gasteiger partial charge in [-0.05, 0) is 30.3 Å². The number of fused-ring (bicyclic) bond motifs is 1. The Kier molecular flexibility index (Phi) is 5.95. The van der Waals surface area contributed by atoms with Gasteiger partial charge < -0.3 is 19.7 Å². The zero-order valence-corrected chi connectivity index (χ0v) is 16.9. The number of alkyl halides is 3. The van der Waals surface area contributed by atoms with Crippen LogP contribution in [-0.4, -0.2) is 38.1 Å². The highest BCUT2D eigenvalue weighted by Crippen LogP contribution is 2.36. The molecule has 2 aromatic rings. The Morgan fingerprint density at radius 3 is 2.69 bits per heavy atom. The Morgan fingerprint density at radius 1 is 1.12 bits per heavy atom. The van der Waals surface area contributed by atoms with Crippen molar-refractivity contribution in [2.45, 2.75) is 12.6 Å². The van der Waals surface area contributed by atoms with E-state index in [1.165, 1.54) is 17.0 Å². The summed E-state index contributed by atoms with van der Waals surface area (Å²) >= 11 is 0. The van der Waals surface area contributed by atoms with Gasteiger partial charge in [0.2, 0.25) is 11.8 Å². The van der Waals surface area contributed by atoms with Crippen LogP contribution in [0.4, 0.5) is 18.9 Å². The molecule has 2 heterocycles. The van der Waals surface area contributed by atoms with Crippen molar-refractivity contribution in [2.24, 2.45) is 5.92 Å². The second-order valence-corrected chi connectivity index (χ2v) is 7.33. The van der Waals surface area contributed by atoms with Gasteiger partial charge in [-0.1, -0.05) is 17.9 Å². The van der Waals surface area contributed by atoms with Gasteiger partial charge in [0, 0.05) is 30.3 Å². The van der Waals surface area contributed by atoms with Crippen LogP contribution in [-0.2, 0) is 15.8 Å². The van der Waals surface area contributed by atoms with Crippen molar-refractivity contribution in [1.29, 1.82) is 0 Å². The number of hydrogen-bond acceptors (Lipinski definition) is 4. The number of carbonyl (C=O) groups is 2. The van der Waals surface area contributed by atoms with Crippen LogP contribution in [0.2, 0.25) is 0 Å². The largest absolute Gasteiger partial charge is 0.486 e. The van der Waals surface area contributed by atoms with Gasteiger partial charge >= 0.3 is 6.18 Å². The van der Waals surface area contributed by atoms with E-state index in [1.54, 1.807) is 18.2 Å². The first kappa shape index (κ1) is 21.6. The molecule has 2 aliphatic rings. The Hall–Kier alpha value is -3.67. The molecule has 0 saturated carbocycles. The summed E-state index contributed by atoms with van der Waals surface area (Å²) in [5.41, 5.74) is 0.0471. The molecule has 2 aliphatic heterocycles. The van der Waals surface area contributed by atoms with E-state index in [2.05, 4.69) is 17.2 Å². The van der Waals surface area contributed by atoms with Gasteiger partial charge in [0.25, 0.3) is 0 Å². The van der Waals surface area contributed by atoms with E-state index in [4.69, 9.17) is 9.47 Å². The van der Waals surface area contributed by atoms with E-state index < -0.39 is 17.7 Å². The number of nitrogens with zero attached hydrogens (tertiary/aromatic N) is 1. The van der Waals surface area contributed by atoms with Crippen molar-refractivity contribution in [2.75, 3.05) is 31.2 Å². The second-order valence-electron chi connectivity index (χ2n) is 7.33. The lowest BCUT2D eigenvalue weighted by molar-refractivity contribution is -0.137. The Morgan fingerprint density at radius 2 is 1.91 bits per heavy atom. The molecule has 1 saturated heterocycles. The lowest BCUT2D eigenvalue weighted by Crippen LogP contribution is -2.33. The maximum Gasteiger partial charge on any atom is 0.416 e. The van der Waals surface area contributed by atoms with Crippen LogP contribution in [0.3, 0.4) is 0 Å². The van der Waals surface area contributed by atoms with E-state index in [1.807, 2.05) is 0 Å². The highest BCUT2D eigenvalue weighted by molar-refractivity contribution is 6.00. The molecule has 9 heteroatoms. The molecule has 0 bridgehead atoms. The quantitative estimate of drug-likeness (QED) is 0.740. The SMILES string of the molecule is O=C(NCC#Cc1cccc(C(F)(F)F)c1)C1CC(=O)N(c2ccc3c(c2)OCCO3)C1. The lowest BCUT2D eigenvalue weighted by Gasteiger charge is -2.22. The predicted molar refractivity (Wildman–Crippen MR) is 109 cm³/mol. The minimum absolute atomic E-state index is 0.0379. The van der Waals surface area contributed by atoms with E-state index in [9.17, 15) is 22.8 Å². The summed E-state index contributed by atoms with van der Waals surface area (Å²) in [5.74, 6) is 5.35. The summed E-state index contributed by atoms with van der Waals surface area (Å²) in [7, 11) is 0. The van der Waals surface area contributed by atoms with Crippen molar-refractivity contribution >= 4 is 17.5 Å². The van der Waals surface area contributed by atoms with Crippen LogP contribution >= 0.6 is 0 Å². The molecule has 0 aromatic heterocycles. The number of rotatable bonds is 3. The van der Waals surface area contributed by atoms with Crippen LogP contribution in [0, 0.1) is 17.8 Å². The maximum atomic E-state index is 12.8. The van der Waals surface area contributed by atoms with Gasteiger partial charge in [-0.25, -0.2) is 0 Å². The van der Waals surface area contributed by atoms with Crippen LogP contribution < -0.4 is 19.7 Å². The molecule has 1 fully saturated rings. The number of hydrogen-bond donors (Lipinski definition) is 1. The average molecular weight is 444 g/mol. The number of benzene rings is 2. The fourth-order valence-corrected chi connectivity index (χ4v) is 3.53. The number of carbonyl (C=O) groups excluding carboxylic acids is 2. The van der Waals surface area contributed by atoms with E-state index >= 15 is 0 Å². The van der Waals surface area contributed by atoms with Gasteiger partial charge in [-0.2, -0.15) is 13.2 Å². The second kappa shape index (κ2) is 8.83. The Labute approximate surface area is 182 Å². The summed E-state index contributed by atoms with van der Waals surface area (Å²) in [4.78, 5) is 26.4. The van der Waals surface area contributed by atoms with E-state index in [-0.39, 0.29) is 36.9 Å². The summed E-state index contributed by atoms with van der Waals surface area (Å²) in [6, 6.07) is 9.85. The van der Waals surface area contributed by atoms with Gasteiger partial charge in [0.1, 0.15) is 13.2 Å². The van der Waals surface area contributed by atoms with Crippen LogP contribution in [0.25, 0.3) is 0 Å². The smallest absolute Gasteiger partial charge is 0.416 e. The summed E-state index contributed by atoms with van der Waals surface area (Å²) in [6.45, 7) is 1.07. The number of anilines is 1. The molecule has 4 rings (SSSR count). The van der Waals surface area contributed by atoms with Crippen LogP contribution in [0.5, 0.6) is 11.5 Å². The molecule has 32 heavy (non-hydrogen) atoms. The first-order chi connectivity index (χ1) is 15.3. The van der Waals surface area contributed by atoms with Crippen LogP contribution in [0.1, 0.15) is 17.5 Å². The van der Waals surface area contributed by atoms with Gasteiger partial charge in [0.05, 0.1) is 18.0 Å². The highest BCUT2D eigenvalue weighted by atomic mass is 19.4. The predicted octanol–water partition coefficient (Wildman–Crippen LogP) is 3.00. The third-order valence-electron chi connectivity index (χ3n) is 5.11. The third kappa shape index (κ3) is 4.80. The molecule has 166 valence electrons. The van der Waals surface area contributed by atoms with E-state index in [0.717, 1.165) is 12.1 Å². The number of amides is 2. The molecule has 0 radical (unpaired) electrons. The molecule has 2 aromatic carbocycles. The van der Waals surface area contributed by atoms with Crippen molar-refractivity contribution in [3.63, 3.8) is 0 Å². The first-order valence-electron chi connectivity index (χ1n) is 9.95. The topological polar surface area (TPSA) is 67.9 Å². The van der Waals surface area contributed by atoms with Crippen molar-refractivity contribution in [3.8, 4) is 23.3 Å². The third-order valence-corrected chi connectivity index (χ3v) is 5.11. The van der Waals surface area contributed by atoms with Gasteiger partial charge in [-0.15, -0.1) is 0 Å². The number of halogens is 3. The average Bonchev–Trinajstić information content (AvgIpc) is 3.17. The molecule has 2 amide bonds. The standard InChI is InChI=1S/C23H19F3N2O4/c24-23(25,26)17-5-1-3-15(11-17)4-2-8-27-22(30)16-12-21(29)28(14-16)18-6-7-19-20(13-18)32-10-9-31-19/h1,3,5-7,11,13,16H,8-10,12,14H2,(H,27,30). The zero-order valence-electron chi connectivity index (χ0n) is 16.9. The lowest BCUT2D eigenvalue weighted by atomic mass is 10.1. The summed E-state index contributed by atoms with van der Waals surface area (Å²) in [6.07, 6.45) is -4.38. The maximum absolute atomic E-state index is 12.8. The fraction of sp³-hybridized carbons (Fsp3) is 0.304. The van der Waals surface area contributed by atoms with Crippen LogP contribution in [0.15, 0.2) is 42.5 Å². The zero-order chi connectivity index (χ0) is 22.7. The fourth-order valence-electron chi connectivity index (χ4n) is 3.53. The molecule has 0 spiro atoms. The molecular formula is C23H19F3N2O4. The Bertz CT molecular complexity index is 1100. The first-order valence-corrected chi connectivity index (χ1v) is 9.95. The molecular weight excluding hydrogens is 425 g/mol. The normalized spacial score (nSPS) is 17.5. The minimum Gasteiger partial charge on any atom is -0.486 e. The van der Waals surface area contributed by atoms with Crippen molar-refractivity contribution in [1.82, 2.24) is 5.32 Å². The number of ether oxygens (including phenoxy) is 2. The Balaban J connectivity index is 1.34. The van der Waals surface area contributed by atoms with Gasteiger partial charge in [0.15, 0.2) is 11.5 Å². The van der Waals surface area contributed by atoms with Crippen molar-refractivity contribution in [3.05, 3.63) is 53.6 Å². The molecule has 6 nitrogen and oxygen atoms in total. The van der Waals surface area contributed by atoms with Crippen molar-refractivity contribution < 1.29 is 32.2 Å². The highest BCUT2D eigenvalue weighted by Gasteiger charge is 2.35. The minimum atomic E-state index is -4.44. The number of nitrogens with one attached hydrogen (secondary N) is 1. The molecule has 1 atom stereocenters.